The van der Waals surface area contributed by atoms with Gasteiger partial charge in [-0.05, 0) is 43.0 Å². The average molecular weight is 264 g/mol. The monoisotopic (exact) mass is 263 g/mol. The van der Waals surface area contributed by atoms with E-state index in [-0.39, 0.29) is 0 Å². The number of hydrogen-bond donors (Lipinski definition) is 1. The molecule has 0 aliphatic rings. The summed E-state index contributed by atoms with van der Waals surface area (Å²) in [5.74, 6) is 1.23. The van der Waals surface area contributed by atoms with Crippen molar-refractivity contribution in [3.05, 3.63) is 28.2 Å². The van der Waals surface area contributed by atoms with Crippen molar-refractivity contribution in [2.45, 2.75) is 12.8 Å². The quantitative estimate of drug-likeness (QED) is 0.756. The second kappa shape index (κ2) is 7.26. The van der Waals surface area contributed by atoms with Gasteiger partial charge in [-0.25, -0.2) is 0 Å². The van der Waals surface area contributed by atoms with Gasteiger partial charge < -0.3 is 5.32 Å². The van der Waals surface area contributed by atoms with Crippen molar-refractivity contribution in [2.75, 3.05) is 23.9 Å². The Morgan fingerprint density at radius 1 is 1.20 bits per heavy atom. The maximum Gasteiger partial charge on any atom is 0.0612 e. The zero-order chi connectivity index (χ0) is 11.1. The van der Waals surface area contributed by atoms with E-state index in [1.165, 1.54) is 18.6 Å². The molecule has 84 valence electrons. The molecule has 0 unspecified atom stereocenters. The average Bonchev–Trinajstić information content (AvgIpc) is 2.23. The lowest BCUT2D eigenvalue weighted by Crippen LogP contribution is -2.01. The smallest absolute Gasteiger partial charge is 0.0612 e. The molecule has 0 aliphatic heterocycles. The summed E-state index contributed by atoms with van der Waals surface area (Å²) >= 11 is 13.6. The van der Waals surface area contributed by atoms with Gasteiger partial charge in [0.1, 0.15) is 0 Å². The first-order chi connectivity index (χ1) is 7.24. The largest absolute Gasteiger partial charge is 0.385 e. The van der Waals surface area contributed by atoms with Crippen LogP contribution in [-0.4, -0.2) is 18.6 Å². The van der Waals surface area contributed by atoms with Gasteiger partial charge in [-0.15, -0.1) is 0 Å². The molecule has 1 aromatic carbocycles. The molecule has 0 spiro atoms. The summed E-state index contributed by atoms with van der Waals surface area (Å²) in [5, 5.41) is 4.52. The van der Waals surface area contributed by atoms with Crippen LogP contribution in [0.2, 0.25) is 10.0 Å². The van der Waals surface area contributed by atoms with E-state index in [0.717, 1.165) is 12.2 Å². The third-order valence-corrected chi connectivity index (χ3v) is 3.46. The molecular weight excluding hydrogens is 249 g/mol. The zero-order valence-corrected chi connectivity index (χ0v) is 11.1. The van der Waals surface area contributed by atoms with E-state index in [0.29, 0.717) is 10.0 Å². The summed E-state index contributed by atoms with van der Waals surface area (Å²) in [7, 11) is 0. The summed E-state index contributed by atoms with van der Waals surface area (Å²) in [5.41, 5.74) is 1.04. The highest BCUT2D eigenvalue weighted by Gasteiger charge is 1.98. The van der Waals surface area contributed by atoms with Crippen LogP contribution in [0.3, 0.4) is 0 Å². The van der Waals surface area contributed by atoms with Gasteiger partial charge in [-0.3, -0.25) is 0 Å². The molecule has 0 radical (unpaired) electrons. The molecule has 0 heterocycles. The molecule has 15 heavy (non-hydrogen) atoms. The van der Waals surface area contributed by atoms with Crippen molar-refractivity contribution in [1.29, 1.82) is 0 Å². The van der Waals surface area contributed by atoms with Gasteiger partial charge in [-0.2, -0.15) is 11.8 Å². The number of rotatable bonds is 6. The lowest BCUT2D eigenvalue weighted by Gasteiger charge is -2.06. The maximum atomic E-state index is 5.90. The highest BCUT2D eigenvalue weighted by molar-refractivity contribution is 7.98. The number of nitrogens with one attached hydrogen (secondary N) is 1. The Bertz CT molecular complexity index is 305. The van der Waals surface area contributed by atoms with E-state index < -0.39 is 0 Å². The fraction of sp³-hybridized carbons (Fsp3) is 0.455. The predicted molar refractivity (Wildman–Crippen MR) is 72.6 cm³/mol. The van der Waals surface area contributed by atoms with Crippen LogP contribution in [0.5, 0.6) is 0 Å². The number of thioether (sulfide) groups is 1. The predicted octanol–water partition coefficient (Wildman–Crippen LogP) is 4.55. The number of halogens is 2. The summed E-state index contributed by atoms with van der Waals surface area (Å²) in [4.78, 5) is 0. The van der Waals surface area contributed by atoms with Crippen LogP contribution in [0.25, 0.3) is 0 Å². The minimum absolute atomic E-state index is 0.601. The van der Waals surface area contributed by atoms with E-state index in [2.05, 4.69) is 11.6 Å². The Kier molecular flexibility index (Phi) is 6.30. The van der Waals surface area contributed by atoms with Crippen LogP contribution in [0.1, 0.15) is 12.8 Å². The van der Waals surface area contributed by atoms with Gasteiger partial charge in [0.05, 0.1) is 10.0 Å². The molecule has 0 aliphatic carbocycles. The number of hydrogen-bond acceptors (Lipinski definition) is 2. The minimum Gasteiger partial charge on any atom is -0.385 e. The van der Waals surface area contributed by atoms with Gasteiger partial charge in [0.2, 0.25) is 0 Å². The van der Waals surface area contributed by atoms with Gasteiger partial charge in [0.25, 0.3) is 0 Å². The molecule has 0 aromatic heterocycles. The van der Waals surface area contributed by atoms with Gasteiger partial charge in [-0.1, -0.05) is 23.2 Å². The summed E-state index contributed by atoms with van der Waals surface area (Å²) in [6.07, 6.45) is 4.56. The first kappa shape index (κ1) is 13.0. The molecule has 0 fully saturated rings. The van der Waals surface area contributed by atoms with E-state index >= 15 is 0 Å². The van der Waals surface area contributed by atoms with Gasteiger partial charge >= 0.3 is 0 Å². The van der Waals surface area contributed by atoms with Crippen LogP contribution in [0.4, 0.5) is 5.69 Å². The van der Waals surface area contributed by atoms with Crippen LogP contribution in [0, 0.1) is 0 Å². The Morgan fingerprint density at radius 3 is 2.67 bits per heavy atom. The normalized spacial score (nSPS) is 10.3. The number of unbranched alkanes of at least 4 members (excludes halogenated alkanes) is 1. The van der Waals surface area contributed by atoms with Crippen molar-refractivity contribution in [3.63, 3.8) is 0 Å². The first-order valence-corrected chi connectivity index (χ1v) is 7.07. The third-order valence-electron chi connectivity index (χ3n) is 2.02. The Hall–Kier alpha value is -0.0500. The third kappa shape index (κ3) is 5.01. The maximum absolute atomic E-state index is 5.90. The summed E-state index contributed by atoms with van der Waals surface area (Å²) in [6, 6.07) is 5.62. The minimum atomic E-state index is 0.601. The molecule has 0 amide bonds. The topological polar surface area (TPSA) is 12.0 Å². The van der Waals surface area contributed by atoms with Crippen molar-refractivity contribution in [3.8, 4) is 0 Å². The molecule has 0 atom stereocenters. The van der Waals surface area contributed by atoms with Gasteiger partial charge in [0, 0.05) is 12.2 Å². The zero-order valence-electron chi connectivity index (χ0n) is 8.72. The second-order valence-corrected chi connectivity index (χ2v) is 5.06. The highest BCUT2D eigenvalue weighted by Crippen LogP contribution is 2.24. The standard InChI is InChI=1S/C11H15Cl2NS/c1-15-7-3-2-6-14-9-4-5-10(12)11(13)8-9/h4-5,8,14H,2-3,6-7H2,1H3. The van der Waals surface area contributed by atoms with E-state index in [1.54, 1.807) is 0 Å². The van der Waals surface area contributed by atoms with Crippen molar-refractivity contribution in [1.82, 2.24) is 0 Å². The van der Waals surface area contributed by atoms with Crippen molar-refractivity contribution >= 4 is 40.7 Å². The molecule has 0 bridgehead atoms. The highest BCUT2D eigenvalue weighted by atomic mass is 35.5. The summed E-state index contributed by atoms with van der Waals surface area (Å²) in [6.45, 7) is 0.985. The Balaban J connectivity index is 2.28. The summed E-state index contributed by atoms with van der Waals surface area (Å²) < 4.78 is 0. The van der Waals surface area contributed by atoms with E-state index in [9.17, 15) is 0 Å². The van der Waals surface area contributed by atoms with Crippen LogP contribution in [-0.2, 0) is 0 Å². The van der Waals surface area contributed by atoms with Crippen molar-refractivity contribution in [2.24, 2.45) is 0 Å². The number of benzene rings is 1. The molecule has 0 saturated carbocycles. The van der Waals surface area contributed by atoms with Crippen LogP contribution < -0.4 is 5.32 Å². The lowest BCUT2D eigenvalue weighted by molar-refractivity contribution is 0.843. The molecule has 1 rings (SSSR count). The molecule has 4 heteroatoms. The number of anilines is 1. The second-order valence-electron chi connectivity index (χ2n) is 3.26. The lowest BCUT2D eigenvalue weighted by atomic mass is 10.3. The molecular formula is C11H15Cl2NS. The SMILES string of the molecule is CSCCCCNc1ccc(Cl)c(Cl)c1. The first-order valence-electron chi connectivity index (χ1n) is 4.92. The Morgan fingerprint density at radius 2 is 2.00 bits per heavy atom. The van der Waals surface area contributed by atoms with E-state index in [4.69, 9.17) is 23.2 Å². The van der Waals surface area contributed by atoms with E-state index in [1.807, 2.05) is 30.0 Å². The molecule has 1 nitrogen and oxygen atoms in total. The molecule has 0 saturated heterocycles. The molecule has 1 N–H and O–H groups in total. The Labute approximate surface area is 106 Å². The molecule has 1 aromatic rings. The van der Waals surface area contributed by atoms with Crippen LogP contribution >= 0.6 is 35.0 Å². The van der Waals surface area contributed by atoms with Crippen molar-refractivity contribution < 1.29 is 0 Å². The fourth-order valence-corrected chi connectivity index (χ4v) is 2.00. The van der Waals surface area contributed by atoms with Crippen LogP contribution in [0.15, 0.2) is 18.2 Å². The fourth-order valence-electron chi connectivity index (χ4n) is 1.21. The van der Waals surface area contributed by atoms with Gasteiger partial charge in [0.15, 0.2) is 0 Å².